The van der Waals surface area contributed by atoms with Gasteiger partial charge in [-0.2, -0.15) is 5.10 Å². The maximum atomic E-state index is 12.5. The van der Waals surface area contributed by atoms with E-state index in [0.717, 1.165) is 48.7 Å². The van der Waals surface area contributed by atoms with Gasteiger partial charge in [0.15, 0.2) is 0 Å². The highest BCUT2D eigenvalue weighted by atomic mass is 16.2. The number of urea groups is 1. The molecule has 2 heterocycles. The van der Waals surface area contributed by atoms with Gasteiger partial charge in [-0.05, 0) is 56.8 Å². The summed E-state index contributed by atoms with van der Waals surface area (Å²) in [6.45, 7) is 8.35. The highest BCUT2D eigenvalue weighted by molar-refractivity contribution is 5.73. The number of aryl methyl sites for hydroxylation is 1. The average Bonchev–Trinajstić information content (AvgIpc) is 3.11. The Morgan fingerprint density at radius 3 is 2.50 bits per heavy atom. The molecule has 6 nitrogen and oxygen atoms in total. The lowest BCUT2D eigenvalue weighted by Crippen LogP contribution is -2.43. The fourth-order valence-electron chi connectivity index (χ4n) is 4.52. The molecule has 6 heteroatoms. The SMILES string of the molecule is Cc1nn(-c2ccccc2)c(C)c1CNC(=O)NCC1CCCN(Cc2ccccc2)C1. The second kappa shape index (κ2) is 10.5. The molecule has 2 amide bonds. The number of amides is 2. The Kier molecular flexibility index (Phi) is 7.22. The van der Waals surface area contributed by atoms with E-state index in [1.807, 2.05) is 48.9 Å². The van der Waals surface area contributed by atoms with Crippen molar-refractivity contribution in [1.82, 2.24) is 25.3 Å². The second-order valence-corrected chi connectivity index (χ2v) is 8.69. The van der Waals surface area contributed by atoms with Crippen molar-refractivity contribution in [3.05, 3.63) is 83.2 Å². The molecular weight excluding hydrogens is 398 g/mol. The molecule has 1 atom stereocenters. The van der Waals surface area contributed by atoms with Crippen LogP contribution >= 0.6 is 0 Å². The van der Waals surface area contributed by atoms with Crippen molar-refractivity contribution in [2.24, 2.45) is 5.92 Å². The Morgan fingerprint density at radius 1 is 1.03 bits per heavy atom. The molecule has 3 aromatic rings. The predicted molar refractivity (Wildman–Crippen MR) is 128 cm³/mol. The zero-order valence-electron chi connectivity index (χ0n) is 19.1. The number of nitrogens with one attached hydrogen (secondary N) is 2. The van der Waals surface area contributed by atoms with Gasteiger partial charge in [-0.25, -0.2) is 9.48 Å². The summed E-state index contributed by atoms with van der Waals surface area (Å²) < 4.78 is 1.94. The van der Waals surface area contributed by atoms with Crippen molar-refractivity contribution < 1.29 is 4.79 Å². The highest BCUT2D eigenvalue weighted by Crippen LogP contribution is 2.19. The van der Waals surface area contributed by atoms with Crippen molar-refractivity contribution in [1.29, 1.82) is 0 Å². The zero-order valence-corrected chi connectivity index (χ0v) is 19.1. The third-order valence-corrected chi connectivity index (χ3v) is 6.27. The third kappa shape index (κ3) is 5.56. The molecule has 2 N–H and O–H groups in total. The molecule has 1 aliphatic heterocycles. The first-order valence-electron chi connectivity index (χ1n) is 11.5. The Balaban J connectivity index is 1.25. The van der Waals surface area contributed by atoms with E-state index < -0.39 is 0 Å². The number of para-hydroxylation sites is 1. The Morgan fingerprint density at radius 2 is 1.75 bits per heavy atom. The van der Waals surface area contributed by atoms with Gasteiger partial charge in [0.2, 0.25) is 0 Å². The van der Waals surface area contributed by atoms with Crippen LogP contribution in [0.5, 0.6) is 0 Å². The summed E-state index contributed by atoms with van der Waals surface area (Å²) >= 11 is 0. The van der Waals surface area contributed by atoms with Crippen LogP contribution in [0.15, 0.2) is 60.7 Å². The number of hydrogen-bond acceptors (Lipinski definition) is 3. The molecule has 1 fully saturated rings. The lowest BCUT2D eigenvalue weighted by molar-refractivity contribution is 0.165. The average molecular weight is 432 g/mol. The van der Waals surface area contributed by atoms with E-state index in [4.69, 9.17) is 0 Å². The fourth-order valence-corrected chi connectivity index (χ4v) is 4.52. The van der Waals surface area contributed by atoms with Crippen LogP contribution in [0, 0.1) is 19.8 Å². The number of nitrogens with zero attached hydrogens (tertiary/aromatic N) is 3. The molecule has 1 aromatic heterocycles. The van der Waals surface area contributed by atoms with Gasteiger partial charge in [-0.3, -0.25) is 4.90 Å². The lowest BCUT2D eigenvalue weighted by atomic mass is 9.97. The normalized spacial score (nSPS) is 16.6. The molecule has 0 radical (unpaired) electrons. The van der Waals surface area contributed by atoms with E-state index in [1.165, 1.54) is 12.0 Å². The quantitative estimate of drug-likeness (QED) is 0.589. The number of likely N-dealkylation sites (tertiary alicyclic amines) is 1. The molecule has 1 saturated heterocycles. The van der Waals surface area contributed by atoms with E-state index >= 15 is 0 Å². The molecule has 1 unspecified atom stereocenters. The van der Waals surface area contributed by atoms with Gasteiger partial charge in [0.1, 0.15) is 0 Å². The van der Waals surface area contributed by atoms with Gasteiger partial charge in [-0.15, -0.1) is 0 Å². The molecule has 0 saturated carbocycles. The number of carbonyl (C=O) groups is 1. The first-order chi connectivity index (χ1) is 15.6. The minimum Gasteiger partial charge on any atom is -0.338 e. The number of hydrogen-bond donors (Lipinski definition) is 2. The van der Waals surface area contributed by atoms with Crippen molar-refractivity contribution in [3.8, 4) is 5.69 Å². The molecule has 168 valence electrons. The van der Waals surface area contributed by atoms with E-state index in [2.05, 4.69) is 51.0 Å². The molecule has 1 aliphatic rings. The van der Waals surface area contributed by atoms with Crippen LogP contribution in [0.3, 0.4) is 0 Å². The van der Waals surface area contributed by atoms with E-state index in [-0.39, 0.29) is 6.03 Å². The van der Waals surface area contributed by atoms with Crippen LogP contribution in [0.4, 0.5) is 4.79 Å². The van der Waals surface area contributed by atoms with Gasteiger partial charge < -0.3 is 10.6 Å². The summed E-state index contributed by atoms with van der Waals surface area (Å²) in [6, 6.07) is 20.6. The summed E-state index contributed by atoms with van der Waals surface area (Å²) in [7, 11) is 0. The zero-order chi connectivity index (χ0) is 22.3. The summed E-state index contributed by atoms with van der Waals surface area (Å²) in [5.41, 5.74) is 5.44. The summed E-state index contributed by atoms with van der Waals surface area (Å²) in [4.78, 5) is 15.0. The minimum absolute atomic E-state index is 0.114. The van der Waals surface area contributed by atoms with Crippen LogP contribution in [0.2, 0.25) is 0 Å². The molecule has 0 bridgehead atoms. The van der Waals surface area contributed by atoms with Gasteiger partial charge in [0, 0.05) is 37.4 Å². The number of carbonyl (C=O) groups excluding carboxylic acids is 1. The van der Waals surface area contributed by atoms with Gasteiger partial charge >= 0.3 is 6.03 Å². The molecular formula is C26H33N5O. The van der Waals surface area contributed by atoms with Crippen molar-refractivity contribution in [2.75, 3.05) is 19.6 Å². The van der Waals surface area contributed by atoms with Crippen molar-refractivity contribution in [3.63, 3.8) is 0 Å². The standard InChI is InChI=1S/C26H33N5O/c1-20-25(21(2)31(29-20)24-13-7-4-8-14-24)17-28-26(32)27-16-23-12-9-15-30(19-23)18-22-10-5-3-6-11-22/h3-8,10-11,13-14,23H,9,12,15-19H2,1-2H3,(H2,27,28,32). The number of piperidine rings is 1. The minimum atomic E-state index is -0.114. The van der Waals surface area contributed by atoms with Crippen LogP contribution in [0.25, 0.3) is 5.69 Å². The maximum Gasteiger partial charge on any atom is 0.315 e. The molecule has 4 rings (SSSR count). The summed E-state index contributed by atoms with van der Waals surface area (Å²) in [5.74, 6) is 0.488. The molecule has 32 heavy (non-hydrogen) atoms. The maximum absolute atomic E-state index is 12.5. The number of aromatic nitrogens is 2. The van der Waals surface area contributed by atoms with Gasteiger partial charge in [-0.1, -0.05) is 48.5 Å². The first kappa shape index (κ1) is 22.1. The predicted octanol–water partition coefficient (Wildman–Crippen LogP) is 4.20. The molecule has 0 spiro atoms. The monoisotopic (exact) mass is 431 g/mol. The van der Waals surface area contributed by atoms with Crippen LogP contribution in [-0.4, -0.2) is 40.3 Å². The largest absolute Gasteiger partial charge is 0.338 e. The van der Waals surface area contributed by atoms with E-state index in [1.54, 1.807) is 0 Å². The Hall–Kier alpha value is -3.12. The summed E-state index contributed by atoms with van der Waals surface area (Å²) in [6.07, 6.45) is 2.34. The van der Waals surface area contributed by atoms with Crippen molar-refractivity contribution >= 4 is 6.03 Å². The van der Waals surface area contributed by atoms with Crippen LogP contribution < -0.4 is 10.6 Å². The number of benzene rings is 2. The van der Waals surface area contributed by atoms with Gasteiger partial charge in [0.05, 0.1) is 11.4 Å². The summed E-state index contributed by atoms with van der Waals surface area (Å²) in [5, 5.41) is 10.8. The third-order valence-electron chi connectivity index (χ3n) is 6.27. The Labute approximate surface area is 190 Å². The Bertz CT molecular complexity index is 1020. The topological polar surface area (TPSA) is 62.2 Å². The smallest absolute Gasteiger partial charge is 0.315 e. The van der Waals surface area contributed by atoms with E-state index in [0.29, 0.717) is 19.0 Å². The highest BCUT2D eigenvalue weighted by Gasteiger charge is 2.21. The van der Waals surface area contributed by atoms with Crippen molar-refractivity contribution in [2.45, 2.75) is 39.8 Å². The molecule has 2 aromatic carbocycles. The number of rotatable bonds is 7. The first-order valence-corrected chi connectivity index (χ1v) is 11.5. The fraction of sp³-hybridized carbons (Fsp3) is 0.385. The van der Waals surface area contributed by atoms with Gasteiger partial charge in [0.25, 0.3) is 0 Å². The van der Waals surface area contributed by atoms with Crippen LogP contribution in [0.1, 0.15) is 35.4 Å². The van der Waals surface area contributed by atoms with E-state index in [9.17, 15) is 4.79 Å². The van der Waals surface area contributed by atoms with Crippen LogP contribution in [-0.2, 0) is 13.1 Å². The molecule has 0 aliphatic carbocycles. The second-order valence-electron chi connectivity index (χ2n) is 8.69. The lowest BCUT2D eigenvalue weighted by Gasteiger charge is -2.32.